The van der Waals surface area contributed by atoms with Crippen molar-refractivity contribution in [3.05, 3.63) is 58.5 Å². The van der Waals surface area contributed by atoms with E-state index in [0.29, 0.717) is 5.69 Å². The predicted molar refractivity (Wildman–Crippen MR) is 85.9 cm³/mol. The molecule has 0 aliphatic heterocycles. The first-order valence-corrected chi connectivity index (χ1v) is 7.43. The molecule has 0 unspecified atom stereocenters. The van der Waals surface area contributed by atoms with Gasteiger partial charge in [-0.25, -0.2) is 15.0 Å². The van der Waals surface area contributed by atoms with Crippen LogP contribution in [0.1, 0.15) is 35.1 Å². The summed E-state index contributed by atoms with van der Waals surface area (Å²) >= 11 is 0. The molecule has 2 heterocycles. The highest BCUT2D eigenvalue weighted by atomic mass is 15.3. The van der Waals surface area contributed by atoms with Crippen molar-refractivity contribution in [3.63, 3.8) is 0 Å². The molecule has 3 rings (SSSR count). The second-order valence-electron chi connectivity index (χ2n) is 5.51. The number of nitrogens with zero attached hydrogens (tertiary/aromatic N) is 4. The second kappa shape index (κ2) is 5.67. The number of fused-ring (bicyclic) bond motifs is 1. The van der Waals surface area contributed by atoms with E-state index >= 15 is 0 Å². The summed E-state index contributed by atoms with van der Waals surface area (Å²) in [6.07, 6.45) is 1.68. The molecule has 0 bridgehead atoms. The predicted octanol–water partition coefficient (Wildman–Crippen LogP) is 4.16. The molecule has 0 radical (unpaired) electrons. The highest BCUT2D eigenvalue weighted by Gasteiger charge is 2.15. The van der Waals surface area contributed by atoms with Crippen LogP contribution in [0, 0.1) is 19.4 Å². The van der Waals surface area contributed by atoms with Gasteiger partial charge in [0.1, 0.15) is 0 Å². The molecule has 0 fully saturated rings. The molecule has 1 aromatic carbocycles. The fourth-order valence-corrected chi connectivity index (χ4v) is 2.77. The van der Waals surface area contributed by atoms with E-state index in [9.17, 15) is 0 Å². The molecule has 5 nitrogen and oxygen atoms in total. The summed E-state index contributed by atoms with van der Waals surface area (Å²) in [7, 11) is 0. The first kappa shape index (κ1) is 14.4. The number of hydrogen-bond donors (Lipinski definition) is 1. The van der Waals surface area contributed by atoms with E-state index in [2.05, 4.69) is 23.9 Å². The Bertz CT molecular complexity index is 830. The number of aryl methyl sites for hydroxylation is 3. The number of benzene rings is 1. The van der Waals surface area contributed by atoms with Gasteiger partial charge >= 0.3 is 0 Å². The van der Waals surface area contributed by atoms with Crippen molar-refractivity contribution >= 4 is 11.3 Å². The van der Waals surface area contributed by atoms with Gasteiger partial charge in [0.05, 0.1) is 11.4 Å². The summed E-state index contributed by atoms with van der Waals surface area (Å²) in [6, 6.07) is 9.80. The summed E-state index contributed by atoms with van der Waals surface area (Å²) in [5.74, 6) is 0. The highest BCUT2D eigenvalue weighted by molar-refractivity contribution is 5.54. The molecule has 1 N–H and O–H groups in total. The zero-order valence-electron chi connectivity index (χ0n) is 13.1. The van der Waals surface area contributed by atoms with Gasteiger partial charge in [-0.1, -0.05) is 19.1 Å². The van der Waals surface area contributed by atoms with Crippen LogP contribution in [0.5, 0.6) is 0 Å². The van der Waals surface area contributed by atoms with Crippen LogP contribution in [0.3, 0.4) is 0 Å². The summed E-state index contributed by atoms with van der Waals surface area (Å²) in [4.78, 5) is 4.69. The highest BCUT2D eigenvalue weighted by Crippen LogP contribution is 2.22. The van der Waals surface area contributed by atoms with E-state index < -0.39 is 0 Å². The minimum atomic E-state index is 0.671. The monoisotopic (exact) mass is 293 g/mol. The molecule has 0 atom stereocenters. The smallest absolute Gasteiger partial charge is 0.159 e. The Hall–Kier alpha value is -2.56. The van der Waals surface area contributed by atoms with Gasteiger partial charge in [-0.15, -0.1) is 0 Å². The van der Waals surface area contributed by atoms with Gasteiger partial charge in [-0.3, -0.25) is 0 Å². The fraction of sp³-hybridized carbons (Fsp3) is 0.294. The van der Waals surface area contributed by atoms with E-state index in [1.807, 2.05) is 41.8 Å². The van der Waals surface area contributed by atoms with Crippen LogP contribution in [-0.4, -0.2) is 14.6 Å². The van der Waals surface area contributed by atoms with E-state index in [1.54, 1.807) is 0 Å². The lowest BCUT2D eigenvalue weighted by Gasteiger charge is -2.04. The van der Waals surface area contributed by atoms with Crippen LogP contribution in [-0.2, 0) is 12.8 Å². The standard InChI is InChI=1S/C17H19N5/c1-4-16-15(10-13-5-7-14(20-18)8-6-13)17-19-11(2)9-12(3)22(17)21-16/h5-9,18H,4,10H2,1-3H3. The van der Waals surface area contributed by atoms with E-state index in [0.717, 1.165) is 35.6 Å². The second-order valence-corrected chi connectivity index (χ2v) is 5.51. The van der Waals surface area contributed by atoms with E-state index in [-0.39, 0.29) is 0 Å². The Morgan fingerprint density at radius 2 is 1.91 bits per heavy atom. The van der Waals surface area contributed by atoms with Crippen LogP contribution >= 0.6 is 0 Å². The third-order valence-corrected chi connectivity index (χ3v) is 3.85. The number of rotatable bonds is 4. The van der Waals surface area contributed by atoms with Crippen molar-refractivity contribution in [3.8, 4) is 0 Å². The Balaban J connectivity index is 2.09. The van der Waals surface area contributed by atoms with Crippen LogP contribution in [0.25, 0.3) is 5.65 Å². The molecule has 2 aromatic heterocycles. The molecule has 0 saturated heterocycles. The average molecular weight is 293 g/mol. The zero-order valence-corrected chi connectivity index (χ0v) is 13.1. The third kappa shape index (κ3) is 2.50. The van der Waals surface area contributed by atoms with Gasteiger partial charge in [-0.2, -0.15) is 10.2 Å². The van der Waals surface area contributed by atoms with Crippen molar-refractivity contribution in [2.75, 3.05) is 0 Å². The lowest BCUT2D eigenvalue weighted by molar-refractivity contribution is 0.849. The first-order chi connectivity index (χ1) is 10.6. The maximum absolute atomic E-state index is 7.03. The number of nitrogens with one attached hydrogen (secondary N) is 1. The Morgan fingerprint density at radius 3 is 2.55 bits per heavy atom. The summed E-state index contributed by atoms with van der Waals surface area (Å²) < 4.78 is 1.94. The largest absolute Gasteiger partial charge is 0.234 e. The molecule has 3 aromatic rings. The van der Waals surface area contributed by atoms with E-state index in [4.69, 9.17) is 10.6 Å². The summed E-state index contributed by atoms with van der Waals surface area (Å²) in [5.41, 5.74) is 14.2. The lowest BCUT2D eigenvalue weighted by Crippen LogP contribution is -1.98. The maximum atomic E-state index is 7.03. The Labute approximate surface area is 129 Å². The molecule has 0 amide bonds. The van der Waals surface area contributed by atoms with E-state index in [1.165, 1.54) is 11.1 Å². The SMILES string of the molecule is CCc1nn2c(C)cc(C)nc2c1Cc1ccc(N=N)cc1. The molecular formula is C17H19N5. The van der Waals surface area contributed by atoms with Crippen LogP contribution in [0.4, 0.5) is 5.69 Å². The molecule has 5 heteroatoms. The lowest BCUT2D eigenvalue weighted by atomic mass is 10.0. The van der Waals surface area contributed by atoms with Gasteiger partial charge in [0.25, 0.3) is 0 Å². The molecule has 0 saturated carbocycles. The molecule has 112 valence electrons. The van der Waals surface area contributed by atoms with Gasteiger partial charge in [0.2, 0.25) is 0 Å². The minimum absolute atomic E-state index is 0.671. The third-order valence-electron chi connectivity index (χ3n) is 3.85. The van der Waals surface area contributed by atoms with Crippen LogP contribution in [0.15, 0.2) is 35.4 Å². The topological polar surface area (TPSA) is 66.4 Å². The maximum Gasteiger partial charge on any atom is 0.159 e. The van der Waals surface area contributed by atoms with Crippen LogP contribution < -0.4 is 0 Å². The van der Waals surface area contributed by atoms with Crippen LogP contribution in [0.2, 0.25) is 0 Å². The average Bonchev–Trinajstić information content (AvgIpc) is 2.86. The molecule has 0 spiro atoms. The number of hydrogen-bond acceptors (Lipinski definition) is 4. The first-order valence-electron chi connectivity index (χ1n) is 7.43. The van der Waals surface area contributed by atoms with Crippen molar-refractivity contribution < 1.29 is 0 Å². The fourth-order valence-electron chi connectivity index (χ4n) is 2.77. The number of aromatic nitrogens is 3. The van der Waals surface area contributed by atoms with Crippen molar-refractivity contribution in [1.82, 2.24) is 14.6 Å². The zero-order chi connectivity index (χ0) is 15.7. The van der Waals surface area contributed by atoms with Crippen molar-refractivity contribution in [1.29, 1.82) is 5.53 Å². The molecular weight excluding hydrogens is 274 g/mol. The molecule has 22 heavy (non-hydrogen) atoms. The van der Waals surface area contributed by atoms with Crippen molar-refractivity contribution in [2.45, 2.75) is 33.6 Å². The van der Waals surface area contributed by atoms with Gasteiger partial charge < -0.3 is 0 Å². The summed E-state index contributed by atoms with van der Waals surface area (Å²) in [5, 5.41) is 8.14. The quantitative estimate of drug-likeness (QED) is 0.734. The Kier molecular flexibility index (Phi) is 3.71. The minimum Gasteiger partial charge on any atom is -0.234 e. The van der Waals surface area contributed by atoms with Crippen molar-refractivity contribution in [2.24, 2.45) is 5.11 Å². The Morgan fingerprint density at radius 1 is 1.18 bits per heavy atom. The van der Waals surface area contributed by atoms with Gasteiger partial charge in [-0.05, 0) is 44.0 Å². The molecule has 0 aliphatic rings. The van der Waals surface area contributed by atoms with Gasteiger partial charge in [0, 0.05) is 23.4 Å². The normalized spacial score (nSPS) is 11.0. The van der Waals surface area contributed by atoms with Gasteiger partial charge in [0.15, 0.2) is 5.65 Å². The summed E-state index contributed by atoms with van der Waals surface area (Å²) in [6.45, 7) is 6.19. The molecule has 0 aliphatic carbocycles.